The third-order valence-corrected chi connectivity index (χ3v) is 1.83. The van der Waals surface area contributed by atoms with Crippen molar-refractivity contribution in [3.8, 4) is 0 Å². The van der Waals surface area contributed by atoms with Crippen molar-refractivity contribution in [1.29, 1.82) is 0 Å². The fourth-order valence-electron chi connectivity index (χ4n) is 1.07. The van der Waals surface area contributed by atoms with Gasteiger partial charge in [0.2, 0.25) is 5.91 Å². The Morgan fingerprint density at radius 2 is 2.00 bits per heavy atom. The molecule has 0 heterocycles. The van der Waals surface area contributed by atoms with E-state index >= 15 is 0 Å². The van der Waals surface area contributed by atoms with Gasteiger partial charge in [-0.15, -0.1) is 0 Å². The molecule has 0 fully saturated rings. The lowest BCUT2D eigenvalue weighted by atomic mass is 10.3. The Labute approximate surface area is 79.1 Å². The van der Waals surface area contributed by atoms with Crippen LogP contribution in [0.15, 0.2) is 0 Å². The predicted molar refractivity (Wildman–Crippen MR) is 51.2 cm³/mol. The maximum absolute atomic E-state index is 11.0. The van der Waals surface area contributed by atoms with Crippen LogP contribution in [0.3, 0.4) is 0 Å². The molecule has 0 rings (SSSR count). The summed E-state index contributed by atoms with van der Waals surface area (Å²) in [5, 5.41) is 0. The molecule has 0 bridgehead atoms. The van der Waals surface area contributed by atoms with E-state index in [2.05, 4.69) is 0 Å². The SMILES string of the molecule is CC(=O)N(CCCN)CCCC=O. The number of aldehydes is 1. The van der Waals surface area contributed by atoms with Crippen molar-refractivity contribution in [3.05, 3.63) is 0 Å². The van der Waals surface area contributed by atoms with Gasteiger partial charge in [-0.25, -0.2) is 0 Å². The third kappa shape index (κ3) is 6.28. The number of carbonyl (C=O) groups is 2. The molecule has 0 unspecified atom stereocenters. The van der Waals surface area contributed by atoms with Gasteiger partial charge in [0.05, 0.1) is 0 Å². The summed E-state index contributed by atoms with van der Waals surface area (Å²) in [4.78, 5) is 22.8. The Balaban J connectivity index is 3.66. The maximum Gasteiger partial charge on any atom is 0.219 e. The monoisotopic (exact) mass is 186 g/mol. The summed E-state index contributed by atoms with van der Waals surface area (Å²) in [5.41, 5.74) is 5.34. The van der Waals surface area contributed by atoms with Gasteiger partial charge in [-0.1, -0.05) is 0 Å². The van der Waals surface area contributed by atoms with Crippen LogP contribution in [0.1, 0.15) is 26.2 Å². The Kier molecular flexibility index (Phi) is 7.20. The van der Waals surface area contributed by atoms with E-state index in [1.165, 1.54) is 6.92 Å². The van der Waals surface area contributed by atoms with E-state index in [4.69, 9.17) is 5.73 Å². The summed E-state index contributed by atoms with van der Waals surface area (Å²) in [6.07, 6.45) is 2.96. The van der Waals surface area contributed by atoms with Crippen LogP contribution in [0.4, 0.5) is 0 Å². The molecule has 76 valence electrons. The van der Waals surface area contributed by atoms with Crippen LogP contribution in [-0.4, -0.2) is 36.7 Å². The van der Waals surface area contributed by atoms with E-state index in [0.29, 0.717) is 26.1 Å². The number of nitrogens with two attached hydrogens (primary N) is 1. The van der Waals surface area contributed by atoms with Crippen LogP contribution < -0.4 is 5.73 Å². The number of hydrogen-bond acceptors (Lipinski definition) is 3. The van der Waals surface area contributed by atoms with Crippen LogP contribution in [0.2, 0.25) is 0 Å². The van der Waals surface area contributed by atoms with Crippen molar-refractivity contribution >= 4 is 12.2 Å². The number of hydrogen-bond donors (Lipinski definition) is 1. The summed E-state index contributed by atoms with van der Waals surface area (Å²) >= 11 is 0. The highest BCUT2D eigenvalue weighted by molar-refractivity contribution is 5.73. The Hall–Kier alpha value is -0.900. The number of unbranched alkanes of at least 4 members (excludes halogenated alkanes) is 1. The van der Waals surface area contributed by atoms with Gasteiger partial charge in [0.1, 0.15) is 6.29 Å². The third-order valence-electron chi connectivity index (χ3n) is 1.83. The quantitative estimate of drug-likeness (QED) is 0.455. The zero-order valence-corrected chi connectivity index (χ0v) is 8.16. The average Bonchev–Trinajstić information content (AvgIpc) is 2.10. The lowest BCUT2D eigenvalue weighted by Crippen LogP contribution is -2.31. The maximum atomic E-state index is 11.0. The van der Waals surface area contributed by atoms with Gasteiger partial charge in [0, 0.05) is 26.4 Å². The molecule has 2 N–H and O–H groups in total. The molecule has 0 radical (unpaired) electrons. The molecular weight excluding hydrogens is 168 g/mol. The second kappa shape index (κ2) is 7.73. The Bertz CT molecular complexity index is 160. The van der Waals surface area contributed by atoms with Gasteiger partial charge in [-0.2, -0.15) is 0 Å². The molecule has 0 aromatic carbocycles. The molecule has 0 spiro atoms. The predicted octanol–water partition coefficient (Wildman–Crippen LogP) is 0.163. The van der Waals surface area contributed by atoms with Crippen molar-refractivity contribution in [1.82, 2.24) is 4.90 Å². The molecular formula is C9H18N2O2. The molecule has 0 aliphatic carbocycles. The molecule has 4 nitrogen and oxygen atoms in total. The number of amides is 1. The summed E-state index contributed by atoms with van der Waals surface area (Å²) in [6.45, 7) is 3.49. The van der Waals surface area contributed by atoms with E-state index in [0.717, 1.165) is 19.1 Å². The van der Waals surface area contributed by atoms with Gasteiger partial charge in [0.15, 0.2) is 0 Å². The zero-order valence-electron chi connectivity index (χ0n) is 8.16. The first-order chi connectivity index (χ1) is 6.22. The van der Waals surface area contributed by atoms with Gasteiger partial charge in [-0.3, -0.25) is 4.79 Å². The minimum atomic E-state index is 0.0550. The number of rotatable bonds is 7. The van der Waals surface area contributed by atoms with Crippen LogP contribution in [0.5, 0.6) is 0 Å². The first-order valence-corrected chi connectivity index (χ1v) is 4.61. The van der Waals surface area contributed by atoms with Gasteiger partial charge in [0.25, 0.3) is 0 Å². The van der Waals surface area contributed by atoms with E-state index < -0.39 is 0 Å². The second-order valence-corrected chi connectivity index (χ2v) is 2.96. The highest BCUT2D eigenvalue weighted by Gasteiger charge is 2.06. The van der Waals surface area contributed by atoms with Crippen LogP contribution in [-0.2, 0) is 9.59 Å². The molecule has 0 aliphatic heterocycles. The van der Waals surface area contributed by atoms with E-state index in [-0.39, 0.29) is 5.91 Å². The largest absolute Gasteiger partial charge is 0.343 e. The zero-order chi connectivity index (χ0) is 10.1. The summed E-state index contributed by atoms with van der Waals surface area (Å²) in [5.74, 6) is 0.0550. The minimum absolute atomic E-state index is 0.0550. The first-order valence-electron chi connectivity index (χ1n) is 4.61. The first kappa shape index (κ1) is 12.1. The van der Waals surface area contributed by atoms with E-state index in [9.17, 15) is 9.59 Å². The minimum Gasteiger partial charge on any atom is -0.343 e. The lowest BCUT2D eigenvalue weighted by Gasteiger charge is -2.19. The molecule has 0 saturated carbocycles. The van der Waals surface area contributed by atoms with Crippen LogP contribution >= 0.6 is 0 Å². The average molecular weight is 186 g/mol. The summed E-state index contributed by atoms with van der Waals surface area (Å²) in [7, 11) is 0. The molecule has 4 heteroatoms. The van der Waals surface area contributed by atoms with Crippen molar-refractivity contribution in [2.24, 2.45) is 5.73 Å². The van der Waals surface area contributed by atoms with Gasteiger partial charge >= 0.3 is 0 Å². The molecule has 0 saturated heterocycles. The van der Waals surface area contributed by atoms with Crippen molar-refractivity contribution in [3.63, 3.8) is 0 Å². The highest BCUT2D eigenvalue weighted by atomic mass is 16.2. The number of nitrogens with zero attached hydrogens (tertiary/aromatic N) is 1. The second-order valence-electron chi connectivity index (χ2n) is 2.96. The van der Waals surface area contributed by atoms with Crippen LogP contribution in [0, 0.1) is 0 Å². The Morgan fingerprint density at radius 1 is 1.38 bits per heavy atom. The topological polar surface area (TPSA) is 63.4 Å². The number of carbonyl (C=O) groups excluding carboxylic acids is 2. The van der Waals surface area contributed by atoms with Crippen molar-refractivity contribution < 1.29 is 9.59 Å². The standard InChI is InChI=1S/C9H18N2O2/c1-9(13)11(7-4-5-10)6-2-3-8-12/h8H,2-7,10H2,1H3. The smallest absolute Gasteiger partial charge is 0.219 e. The van der Waals surface area contributed by atoms with Crippen molar-refractivity contribution in [2.45, 2.75) is 26.2 Å². The van der Waals surface area contributed by atoms with E-state index in [1.807, 2.05) is 0 Å². The fourth-order valence-corrected chi connectivity index (χ4v) is 1.07. The fraction of sp³-hybridized carbons (Fsp3) is 0.778. The molecule has 13 heavy (non-hydrogen) atoms. The van der Waals surface area contributed by atoms with Crippen LogP contribution in [0.25, 0.3) is 0 Å². The molecule has 1 amide bonds. The normalized spacial score (nSPS) is 9.69. The van der Waals surface area contributed by atoms with E-state index in [1.54, 1.807) is 4.90 Å². The summed E-state index contributed by atoms with van der Waals surface area (Å²) < 4.78 is 0. The molecule has 0 atom stereocenters. The van der Waals surface area contributed by atoms with Crippen molar-refractivity contribution in [2.75, 3.05) is 19.6 Å². The molecule has 0 aliphatic rings. The molecule has 0 aromatic rings. The van der Waals surface area contributed by atoms with Gasteiger partial charge in [-0.05, 0) is 19.4 Å². The van der Waals surface area contributed by atoms with Gasteiger partial charge < -0.3 is 15.4 Å². The highest BCUT2D eigenvalue weighted by Crippen LogP contribution is 1.96. The summed E-state index contributed by atoms with van der Waals surface area (Å²) in [6, 6.07) is 0. The lowest BCUT2D eigenvalue weighted by molar-refractivity contribution is -0.129. The molecule has 0 aromatic heterocycles. The Morgan fingerprint density at radius 3 is 2.46 bits per heavy atom.